The smallest absolute Gasteiger partial charge is 0.253 e. The van der Waals surface area contributed by atoms with E-state index in [2.05, 4.69) is 16.0 Å². The normalized spacial score (nSPS) is 15.3. The van der Waals surface area contributed by atoms with Crippen LogP contribution in [-0.2, 0) is 4.79 Å². The number of nitrogens with one attached hydrogen (secondary N) is 3. The summed E-state index contributed by atoms with van der Waals surface area (Å²) in [6, 6.07) is 3.72. The van der Waals surface area contributed by atoms with E-state index in [4.69, 9.17) is 11.6 Å². The zero-order valence-electron chi connectivity index (χ0n) is 13.7. The second-order valence-electron chi connectivity index (χ2n) is 5.99. The molecule has 1 aromatic carbocycles. The van der Waals surface area contributed by atoms with Gasteiger partial charge in [0.25, 0.3) is 5.91 Å². The molecule has 1 aliphatic rings. The first-order valence-corrected chi connectivity index (χ1v) is 8.44. The van der Waals surface area contributed by atoms with Gasteiger partial charge in [0.1, 0.15) is 0 Å². The van der Waals surface area contributed by atoms with Crippen molar-refractivity contribution in [3.05, 3.63) is 28.3 Å². The predicted molar refractivity (Wildman–Crippen MR) is 93.1 cm³/mol. The van der Waals surface area contributed by atoms with Gasteiger partial charge in [-0.05, 0) is 37.5 Å². The first-order valence-electron chi connectivity index (χ1n) is 8.06. The van der Waals surface area contributed by atoms with Gasteiger partial charge in [-0.2, -0.15) is 0 Å². The number of hydrogen-bond donors (Lipinski definition) is 3. The second kappa shape index (κ2) is 8.31. The van der Waals surface area contributed by atoms with Gasteiger partial charge in [0, 0.05) is 18.1 Å². The van der Waals surface area contributed by atoms with E-state index in [1.165, 1.54) is 19.3 Å². The Hall–Kier alpha value is -1.59. The molecule has 5 nitrogen and oxygen atoms in total. The van der Waals surface area contributed by atoms with Crippen LogP contribution in [0.5, 0.6) is 0 Å². The zero-order chi connectivity index (χ0) is 16.8. The van der Waals surface area contributed by atoms with Gasteiger partial charge < -0.3 is 16.0 Å². The third kappa shape index (κ3) is 4.94. The molecule has 0 aliphatic heterocycles. The number of rotatable bonds is 5. The number of benzene rings is 1. The molecule has 0 aromatic heterocycles. The van der Waals surface area contributed by atoms with E-state index in [0.29, 0.717) is 22.3 Å². The standard InChI is InChI=1S/C17H24ClN3O2/c1-11-8-12(18)9-14(17(23)19-2)16(11)21-15(22)10-20-13-6-4-3-5-7-13/h8-9,13,20H,3-7,10H2,1-2H3,(H,19,23)(H,21,22). The molecule has 1 aromatic rings. The van der Waals surface area contributed by atoms with Gasteiger partial charge in [-0.15, -0.1) is 0 Å². The summed E-state index contributed by atoms with van der Waals surface area (Å²) in [6.45, 7) is 2.07. The third-order valence-electron chi connectivity index (χ3n) is 4.19. The average Bonchev–Trinajstić information content (AvgIpc) is 2.55. The fourth-order valence-corrected chi connectivity index (χ4v) is 3.22. The molecule has 0 spiro atoms. The first kappa shape index (κ1) is 17.8. The Kier molecular flexibility index (Phi) is 6.42. The van der Waals surface area contributed by atoms with Gasteiger partial charge >= 0.3 is 0 Å². The van der Waals surface area contributed by atoms with Crippen LogP contribution >= 0.6 is 11.6 Å². The van der Waals surface area contributed by atoms with Crippen molar-refractivity contribution >= 4 is 29.1 Å². The molecule has 0 saturated heterocycles. The molecule has 0 heterocycles. The lowest BCUT2D eigenvalue weighted by Gasteiger charge is -2.22. The number of aryl methyl sites for hydroxylation is 1. The van der Waals surface area contributed by atoms with E-state index in [1.807, 2.05) is 6.92 Å². The molecule has 1 aliphatic carbocycles. The molecule has 3 N–H and O–H groups in total. The Labute approximate surface area is 142 Å². The molecule has 1 saturated carbocycles. The number of hydrogen-bond acceptors (Lipinski definition) is 3. The lowest BCUT2D eigenvalue weighted by molar-refractivity contribution is -0.115. The number of carbonyl (C=O) groups is 2. The largest absolute Gasteiger partial charge is 0.355 e. The number of anilines is 1. The Morgan fingerprint density at radius 3 is 2.57 bits per heavy atom. The molecule has 126 valence electrons. The van der Waals surface area contributed by atoms with Crippen LogP contribution in [0.4, 0.5) is 5.69 Å². The lowest BCUT2D eigenvalue weighted by Crippen LogP contribution is -2.37. The van der Waals surface area contributed by atoms with Crippen LogP contribution in [0.1, 0.15) is 48.0 Å². The molecule has 0 unspecified atom stereocenters. The summed E-state index contributed by atoms with van der Waals surface area (Å²) in [5.74, 6) is -0.419. The maximum absolute atomic E-state index is 12.2. The molecule has 0 bridgehead atoms. The van der Waals surface area contributed by atoms with E-state index in [0.717, 1.165) is 18.4 Å². The Bertz CT molecular complexity index is 583. The summed E-state index contributed by atoms with van der Waals surface area (Å²) in [6.07, 6.45) is 5.96. The Morgan fingerprint density at radius 2 is 1.91 bits per heavy atom. The summed E-state index contributed by atoms with van der Waals surface area (Å²) >= 11 is 6.02. The lowest BCUT2D eigenvalue weighted by atomic mass is 9.95. The van der Waals surface area contributed by atoms with E-state index >= 15 is 0 Å². The van der Waals surface area contributed by atoms with Crippen LogP contribution in [0.15, 0.2) is 12.1 Å². The highest BCUT2D eigenvalue weighted by atomic mass is 35.5. The van der Waals surface area contributed by atoms with Gasteiger partial charge in [0.15, 0.2) is 0 Å². The van der Waals surface area contributed by atoms with Crippen LogP contribution in [-0.4, -0.2) is 31.4 Å². The SMILES string of the molecule is CNC(=O)c1cc(Cl)cc(C)c1NC(=O)CNC1CCCCC1. The summed E-state index contributed by atoms with van der Waals surface area (Å²) < 4.78 is 0. The summed E-state index contributed by atoms with van der Waals surface area (Å²) in [7, 11) is 1.55. The highest BCUT2D eigenvalue weighted by molar-refractivity contribution is 6.31. The minimum atomic E-state index is -0.272. The maximum Gasteiger partial charge on any atom is 0.253 e. The highest BCUT2D eigenvalue weighted by Crippen LogP contribution is 2.25. The number of carbonyl (C=O) groups excluding carboxylic acids is 2. The van der Waals surface area contributed by atoms with Crippen LogP contribution in [0.3, 0.4) is 0 Å². The summed E-state index contributed by atoms with van der Waals surface area (Å²) in [4.78, 5) is 24.2. The fourth-order valence-electron chi connectivity index (χ4n) is 2.95. The van der Waals surface area contributed by atoms with Crippen molar-refractivity contribution in [3.63, 3.8) is 0 Å². The van der Waals surface area contributed by atoms with Gasteiger partial charge in [-0.25, -0.2) is 0 Å². The Morgan fingerprint density at radius 1 is 1.22 bits per heavy atom. The minimum Gasteiger partial charge on any atom is -0.355 e. The van der Waals surface area contributed by atoms with Crippen LogP contribution < -0.4 is 16.0 Å². The van der Waals surface area contributed by atoms with Crippen molar-refractivity contribution in [1.29, 1.82) is 0 Å². The highest BCUT2D eigenvalue weighted by Gasteiger charge is 2.18. The van der Waals surface area contributed by atoms with Crippen molar-refractivity contribution in [2.24, 2.45) is 0 Å². The maximum atomic E-state index is 12.2. The molecule has 2 amide bonds. The molecule has 6 heteroatoms. The fraction of sp³-hybridized carbons (Fsp3) is 0.529. The third-order valence-corrected chi connectivity index (χ3v) is 4.41. The molecule has 1 fully saturated rings. The van der Waals surface area contributed by atoms with Crippen LogP contribution in [0.25, 0.3) is 0 Å². The van der Waals surface area contributed by atoms with E-state index in [1.54, 1.807) is 19.2 Å². The second-order valence-corrected chi connectivity index (χ2v) is 6.42. The molecule has 0 atom stereocenters. The summed E-state index contributed by atoms with van der Waals surface area (Å²) in [5.41, 5.74) is 1.66. The molecular weight excluding hydrogens is 314 g/mol. The molecule has 2 rings (SSSR count). The average molecular weight is 338 g/mol. The quantitative estimate of drug-likeness (QED) is 0.773. The van der Waals surface area contributed by atoms with Gasteiger partial charge in [-0.1, -0.05) is 30.9 Å². The number of amides is 2. The summed E-state index contributed by atoms with van der Waals surface area (Å²) in [5, 5.41) is 9.18. The van der Waals surface area contributed by atoms with Crippen molar-refractivity contribution in [2.75, 3.05) is 18.9 Å². The molecule has 0 radical (unpaired) electrons. The molecular formula is C17H24ClN3O2. The topological polar surface area (TPSA) is 70.2 Å². The van der Waals surface area contributed by atoms with Crippen molar-refractivity contribution in [3.8, 4) is 0 Å². The first-order chi connectivity index (χ1) is 11.0. The van der Waals surface area contributed by atoms with Crippen molar-refractivity contribution < 1.29 is 9.59 Å². The van der Waals surface area contributed by atoms with Crippen molar-refractivity contribution in [2.45, 2.75) is 45.1 Å². The van der Waals surface area contributed by atoms with Crippen molar-refractivity contribution in [1.82, 2.24) is 10.6 Å². The van der Waals surface area contributed by atoms with E-state index in [-0.39, 0.29) is 18.4 Å². The van der Waals surface area contributed by atoms with Gasteiger partial charge in [0.2, 0.25) is 5.91 Å². The van der Waals surface area contributed by atoms with E-state index in [9.17, 15) is 9.59 Å². The minimum absolute atomic E-state index is 0.147. The zero-order valence-corrected chi connectivity index (χ0v) is 14.4. The number of halogens is 1. The van der Waals surface area contributed by atoms with E-state index < -0.39 is 0 Å². The van der Waals surface area contributed by atoms with Gasteiger partial charge in [-0.3, -0.25) is 9.59 Å². The molecule has 23 heavy (non-hydrogen) atoms. The monoisotopic (exact) mass is 337 g/mol. The Balaban J connectivity index is 2.03. The predicted octanol–water partition coefficient (Wildman–Crippen LogP) is 2.87. The van der Waals surface area contributed by atoms with Crippen LogP contribution in [0, 0.1) is 6.92 Å². The van der Waals surface area contributed by atoms with Gasteiger partial charge in [0.05, 0.1) is 17.8 Å². The van der Waals surface area contributed by atoms with Crippen LogP contribution in [0.2, 0.25) is 5.02 Å².